The second kappa shape index (κ2) is 7.78. The molecular weight excluding hydrogens is 348 g/mol. The minimum atomic E-state index is -0.472. The summed E-state index contributed by atoms with van der Waals surface area (Å²) in [6.45, 7) is 16.5. The second-order valence-electron chi connectivity index (χ2n) is 11.0. The Balaban J connectivity index is 1.66. The number of ether oxygens (including phenoxy) is 2. The molecule has 1 unspecified atom stereocenters. The van der Waals surface area contributed by atoms with Crippen LogP contribution in [0.25, 0.3) is 0 Å². The molecule has 6 atom stereocenters. The normalized spacial score (nSPS) is 36.1. The van der Waals surface area contributed by atoms with Crippen LogP contribution in [0.4, 0.5) is 0 Å². The molecular formula is C25H40O3. The molecule has 158 valence electrons. The molecule has 3 fully saturated rings. The summed E-state index contributed by atoms with van der Waals surface area (Å²) in [5, 5.41) is 10.8. The highest BCUT2D eigenvalue weighted by Crippen LogP contribution is 2.57. The van der Waals surface area contributed by atoms with Crippen LogP contribution in [0.2, 0.25) is 0 Å². The van der Waals surface area contributed by atoms with Gasteiger partial charge in [0, 0.05) is 29.6 Å². The van der Waals surface area contributed by atoms with Gasteiger partial charge < -0.3 is 14.6 Å². The number of fused-ring (bicyclic) bond motifs is 1. The average molecular weight is 389 g/mol. The summed E-state index contributed by atoms with van der Waals surface area (Å²) >= 11 is 0. The van der Waals surface area contributed by atoms with Gasteiger partial charge in [0.15, 0.2) is 5.79 Å². The first-order chi connectivity index (χ1) is 13.0. The molecule has 0 bridgehead atoms. The van der Waals surface area contributed by atoms with E-state index >= 15 is 0 Å². The number of aliphatic hydroxyl groups excluding tert-OH is 1. The third kappa shape index (κ3) is 4.35. The zero-order valence-corrected chi connectivity index (χ0v) is 18.9. The van der Waals surface area contributed by atoms with Crippen molar-refractivity contribution < 1.29 is 14.6 Å². The molecule has 0 aromatic carbocycles. The Kier molecular flexibility index (Phi) is 6.08. The quantitative estimate of drug-likeness (QED) is 0.542. The third-order valence-corrected chi connectivity index (χ3v) is 7.63. The third-order valence-electron chi connectivity index (χ3n) is 7.63. The molecule has 0 radical (unpaired) electrons. The van der Waals surface area contributed by atoms with Gasteiger partial charge in [-0.25, -0.2) is 0 Å². The van der Waals surface area contributed by atoms with E-state index in [1.54, 1.807) is 0 Å². The molecule has 3 nitrogen and oxygen atoms in total. The zero-order chi connectivity index (χ0) is 20.7. The van der Waals surface area contributed by atoms with Crippen LogP contribution in [0.1, 0.15) is 67.7 Å². The maximum Gasteiger partial charge on any atom is 0.168 e. The summed E-state index contributed by atoms with van der Waals surface area (Å²) in [6.07, 6.45) is 7.10. The van der Waals surface area contributed by atoms with Gasteiger partial charge in [-0.2, -0.15) is 0 Å². The van der Waals surface area contributed by atoms with Gasteiger partial charge in [0.1, 0.15) is 0 Å². The van der Waals surface area contributed by atoms with Crippen molar-refractivity contribution in [1.82, 2.24) is 0 Å². The predicted molar refractivity (Wildman–Crippen MR) is 113 cm³/mol. The fourth-order valence-electron chi connectivity index (χ4n) is 5.50. The van der Waals surface area contributed by atoms with E-state index in [-0.39, 0.29) is 22.5 Å². The Morgan fingerprint density at radius 3 is 2.43 bits per heavy atom. The van der Waals surface area contributed by atoms with E-state index in [0.717, 1.165) is 26.1 Å². The standard InChI is InChI=1S/C25H40O3/c1-8-11-24(6,7)18(3)22(26)10-9-20-17(2)12-19-13-25(14-21(19)20)27-15-23(4,5)16-28-25/h9-10,17-22,26H,12-16H2,1-7H3/b10-9+/t17-,18?,19-,20+,21+,22-/m1/s1. The van der Waals surface area contributed by atoms with E-state index in [9.17, 15) is 5.11 Å². The SMILES string of the molecule is CC#CC(C)(C)C(C)[C@H](O)/C=C/[C@@H]1[C@H]2CC3(C[C@H]2C[C@H]1C)OCC(C)(C)CO3. The van der Waals surface area contributed by atoms with E-state index < -0.39 is 6.10 Å². The van der Waals surface area contributed by atoms with E-state index in [1.165, 1.54) is 6.42 Å². The van der Waals surface area contributed by atoms with Crippen LogP contribution in [0.15, 0.2) is 12.2 Å². The van der Waals surface area contributed by atoms with Crippen molar-refractivity contribution in [3.05, 3.63) is 12.2 Å². The Hall–Kier alpha value is -0.820. The molecule has 2 aliphatic carbocycles. The van der Waals surface area contributed by atoms with Crippen molar-refractivity contribution in [1.29, 1.82) is 0 Å². The number of hydrogen-bond donors (Lipinski definition) is 1. The second-order valence-corrected chi connectivity index (χ2v) is 11.0. The summed E-state index contributed by atoms with van der Waals surface area (Å²) in [5.41, 5.74) is -0.0830. The van der Waals surface area contributed by atoms with E-state index in [4.69, 9.17) is 9.47 Å². The lowest BCUT2D eigenvalue weighted by Gasteiger charge is -2.42. The van der Waals surface area contributed by atoms with Crippen LogP contribution in [0.5, 0.6) is 0 Å². The van der Waals surface area contributed by atoms with Crippen LogP contribution in [-0.4, -0.2) is 30.2 Å². The largest absolute Gasteiger partial charge is 0.389 e. The molecule has 1 spiro atoms. The van der Waals surface area contributed by atoms with Crippen LogP contribution >= 0.6 is 0 Å². The predicted octanol–water partition coefficient (Wildman–Crippen LogP) is 5.04. The first-order valence-corrected chi connectivity index (χ1v) is 11.1. The van der Waals surface area contributed by atoms with E-state index in [2.05, 4.69) is 59.5 Å². The lowest BCUT2D eigenvalue weighted by atomic mass is 9.76. The topological polar surface area (TPSA) is 38.7 Å². The van der Waals surface area contributed by atoms with Gasteiger partial charge in [0.05, 0.1) is 19.3 Å². The molecule has 1 aliphatic heterocycles. The highest BCUT2D eigenvalue weighted by molar-refractivity contribution is 5.13. The first-order valence-electron chi connectivity index (χ1n) is 11.1. The minimum Gasteiger partial charge on any atom is -0.389 e. The van der Waals surface area contributed by atoms with Crippen molar-refractivity contribution in [3.8, 4) is 11.8 Å². The number of aliphatic hydroxyl groups is 1. The lowest BCUT2D eigenvalue weighted by Crippen LogP contribution is -2.46. The Morgan fingerprint density at radius 2 is 1.82 bits per heavy atom. The summed E-state index contributed by atoms with van der Waals surface area (Å²) in [6, 6.07) is 0. The van der Waals surface area contributed by atoms with Gasteiger partial charge in [-0.3, -0.25) is 0 Å². The van der Waals surface area contributed by atoms with Gasteiger partial charge in [0.2, 0.25) is 0 Å². The molecule has 3 aliphatic rings. The molecule has 2 saturated carbocycles. The molecule has 28 heavy (non-hydrogen) atoms. The maximum absolute atomic E-state index is 10.8. The highest BCUT2D eigenvalue weighted by Gasteiger charge is 2.55. The molecule has 0 amide bonds. The number of hydrogen-bond acceptors (Lipinski definition) is 3. The summed E-state index contributed by atoms with van der Waals surface area (Å²) in [5.74, 6) is 8.38. The molecule has 3 rings (SSSR count). The molecule has 1 heterocycles. The van der Waals surface area contributed by atoms with Crippen molar-refractivity contribution in [2.24, 2.45) is 40.4 Å². The Morgan fingerprint density at radius 1 is 1.18 bits per heavy atom. The van der Waals surface area contributed by atoms with Crippen LogP contribution in [0, 0.1) is 52.3 Å². The van der Waals surface area contributed by atoms with Gasteiger partial charge >= 0.3 is 0 Å². The van der Waals surface area contributed by atoms with Gasteiger partial charge in [-0.05, 0) is 50.9 Å². The van der Waals surface area contributed by atoms with Gasteiger partial charge in [-0.15, -0.1) is 5.92 Å². The summed E-state index contributed by atoms with van der Waals surface area (Å²) in [4.78, 5) is 0. The summed E-state index contributed by atoms with van der Waals surface area (Å²) < 4.78 is 12.6. The Bertz CT molecular complexity index is 640. The monoisotopic (exact) mass is 388 g/mol. The van der Waals surface area contributed by atoms with E-state index in [1.807, 2.05) is 13.0 Å². The lowest BCUT2D eigenvalue weighted by molar-refractivity contribution is -0.298. The smallest absolute Gasteiger partial charge is 0.168 e. The van der Waals surface area contributed by atoms with Crippen molar-refractivity contribution in [2.45, 2.75) is 79.6 Å². The number of rotatable bonds is 4. The zero-order valence-electron chi connectivity index (χ0n) is 18.9. The highest BCUT2D eigenvalue weighted by atomic mass is 16.7. The van der Waals surface area contributed by atoms with Crippen LogP contribution < -0.4 is 0 Å². The van der Waals surface area contributed by atoms with Crippen LogP contribution in [0.3, 0.4) is 0 Å². The fraction of sp³-hybridized carbons (Fsp3) is 0.840. The van der Waals surface area contributed by atoms with Gasteiger partial charge in [0.25, 0.3) is 0 Å². The first kappa shape index (κ1) is 21.9. The van der Waals surface area contributed by atoms with Crippen molar-refractivity contribution >= 4 is 0 Å². The van der Waals surface area contributed by atoms with Crippen molar-refractivity contribution in [2.75, 3.05) is 13.2 Å². The molecule has 0 aromatic rings. The van der Waals surface area contributed by atoms with E-state index in [0.29, 0.717) is 23.7 Å². The Labute approximate surface area is 172 Å². The molecule has 3 heteroatoms. The molecule has 1 N–H and O–H groups in total. The maximum atomic E-state index is 10.8. The fourth-order valence-corrected chi connectivity index (χ4v) is 5.50. The van der Waals surface area contributed by atoms with Gasteiger partial charge in [-0.1, -0.05) is 45.8 Å². The summed E-state index contributed by atoms with van der Waals surface area (Å²) in [7, 11) is 0. The van der Waals surface area contributed by atoms with Crippen LogP contribution in [-0.2, 0) is 9.47 Å². The van der Waals surface area contributed by atoms with Crippen molar-refractivity contribution in [3.63, 3.8) is 0 Å². The number of allylic oxidation sites excluding steroid dienone is 1. The molecule has 0 aromatic heterocycles. The minimum absolute atomic E-state index is 0.0888. The average Bonchev–Trinajstić information content (AvgIpc) is 3.08. The molecule has 1 saturated heterocycles.